The SMILES string of the molecule is CCc1c(Sc2cc(C)cc(C)c2)[nH]c(=O)[nH]c1=O.CCc1c(Sc2cc(C)cc(C)c2)n(Cc2cc(F)ccc2F)c(=O)[nH]c1=O. The Morgan fingerprint density at radius 1 is 0.660 bits per heavy atom. The minimum Gasteiger partial charge on any atom is -0.301 e. The predicted octanol–water partition coefficient (Wildman–Crippen LogP) is 6.59. The zero-order valence-electron chi connectivity index (χ0n) is 27.0. The molecule has 0 saturated heterocycles. The summed E-state index contributed by atoms with van der Waals surface area (Å²) in [6, 6.07) is 15.2. The molecule has 0 aliphatic carbocycles. The average molecular weight is 679 g/mol. The van der Waals surface area contributed by atoms with Gasteiger partial charge in [-0.15, -0.1) is 0 Å². The van der Waals surface area contributed by atoms with Gasteiger partial charge in [0.2, 0.25) is 0 Å². The lowest BCUT2D eigenvalue weighted by molar-refractivity contribution is 0.558. The van der Waals surface area contributed by atoms with Crippen molar-refractivity contribution in [2.24, 2.45) is 0 Å². The molecule has 3 N–H and O–H groups in total. The number of aromatic nitrogens is 4. The first-order chi connectivity index (χ1) is 22.3. The van der Waals surface area contributed by atoms with Crippen LogP contribution >= 0.6 is 23.5 Å². The van der Waals surface area contributed by atoms with Gasteiger partial charge in [0.05, 0.1) is 16.6 Å². The first kappa shape index (κ1) is 35.4. The number of aromatic amines is 3. The fourth-order valence-electron chi connectivity index (χ4n) is 5.11. The number of hydrogen-bond donors (Lipinski definition) is 3. The molecule has 0 amide bonds. The smallest absolute Gasteiger partial charge is 0.301 e. The monoisotopic (exact) mass is 678 g/mol. The van der Waals surface area contributed by atoms with E-state index in [9.17, 15) is 28.0 Å². The predicted molar refractivity (Wildman–Crippen MR) is 183 cm³/mol. The molecule has 0 spiro atoms. The highest BCUT2D eigenvalue weighted by Gasteiger charge is 2.17. The van der Waals surface area contributed by atoms with Gasteiger partial charge in [0.15, 0.2) is 0 Å². The van der Waals surface area contributed by atoms with Crippen molar-refractivity contribution in [3.05, 3.63) is 147 Å². The standard InChI is InChI=1S/C21H20F2N2O2S.C14H16N2O2S/c1-4-17-19(26)24-21(27)25(11-14-10-15(22)5-6-18(14)23)20(17)28-16-8-12(2)7-13(3)9-16;1-4-11-12(17)15-14(18)16-13(11)19-10-6-8(2)5-9(3)7-10/h5-10H,4,11H2,1-3H3,(H,24,26,27);5-7H,4H2,1-3H3,(H2,15,16,17,18). The van der Waals surface area contributed by atoms with Crippen LogP contribution in [-0.2, 0) is 19.4 Å². The topological polar surface area (TPSA) is 121 Å². The van der Waals surface area contributed by atoms with Crippen molar-refractivity contribution in [2.45, 2.75) is 80.8 Å². The normalized spacial score (nSPS) is 10.9. The molecule has 0 radical (unpaired) electrons. The molecule has 246 valence electrons. The van der Waals surface area contributed by atoms with Crippen molar-refractivity contribution in [2.75, 3.05) is 0 Å². The summed E-state index contributed by atoms with van der Waals surface area (Å²) in [5.74, 6) is -1.20. The van der Waals surface area contributed by atoms with Gasteiger partial charge in [0.1, 0.15) is 11.6 Å². The molecule has 0 saturated carbocycles. The molecule has 8 nitrogen and oxygen atoms in total. The number of nitrogens with zero attached hydrogens (tertiary/aromatic N) is 1. The van der Waals surface area contributed by atoms with E-state index < -0.39 is 28.6 Å². The number of H-pyrrole nitrogens is 3. The van der Waals surface area contributed by atoms with Crippen molar-refractivity contribution in [1.82, 2.24) is 19.5 Å². The van der Waals surface area contributed by atoms with Gasteiger partial charge < -0.3 is 4.98 Å². The van der Waals surface area contributed by atoms with Gasteiger partial charge in [-0.1, -0.05) is 49.5 Å². The molecule has 3 aromatic carbocycles. The molecule has 0 aliphatic rings. The number of nitrogens with one attached hydrogen (secondary N) is 3. The summed E-state index contributed by atoms with van der Waals surface area (Å²) in [5, 5.41) is 1.06. The van der Waals surface area contributed by atoms with Crippen LogP contribution in [0.3, 0.4) is 0 Å². The minimum absolute atomic E-state index is 0.0403. The highest BCUT2D eigenvalue weighted by Crippen LogP contribution is 2.31. The van der Waals surface area contributed by atoms with Crippen LogP contribution in [0.25, 0.3) is 0 Å². The second kappa shape index (κ2) is 15.4. The lowest BCUT2D eigenvalue weighted by atomic mass is 10.2. The second-order valence-electron chi connectivity index (χ2n) is 11.1. The van der Waals surface area contributed by atoms with Crippen LogP contribution in [0, 0.1) is 39.3 Å². The van der Waals surface area contributed by atoms with Crippen molar-refractivity contribution in [3.63, 3.8) is 0 Å². The van der Waals surface area contributed by atoms with E-state index in [1.165, 1.54) is 28.1 Å². The quantitative estimate of drug-likeness (QED) is 0.159. The first-order valence-electron chi connectivity index (χ1n) is 15.0. The van der Waals surface area contributed by atoms with E-state index in [1.54, 1.807) is 0 Å². The van der Waals surface area contributed by atoms with E-state index in [-0.39, 0.29) is 17.7 Å². The third-order valence-electron chi connectivity index (χ3n) is 7.11. The number of aryl methyl sites for hydroxylation is 4. The van der Waals surface area contributed by atoms with E-state index >= 15 is 0 Å². The third kappa shape index (κ3) is 9.11. The van der Waals surface area contributed by atoms with E-state index in [1.807, 2.05) is 71.9 Å². The molecule has 2 aromatic heterocycles. The van der Waals surface area contributed by atoms with Gasteiger partial charge in [-0.3, -0.25) is 24.1 Å². The van der Waals surface area contributed by atoms with Gasteiger partial charge in [0, 0.05) is 26.5 Å². The molecule has 5 rings (SSSR count). The molecule has 5 aromatic rings. The molecular formula is C35H36F2N4O4S2. The Labute approximate surface area is 278 Å². The highest BCUT2D eigenvalue weighted by atomic mass is 32.2. The molecule has 47 heavy (non-hydrogen) atoms. The summed E-state index contributed by atoms with van der Waals surface area (Å²) < 4.78 is 29.0. The van der Waals surface area contributed by atoms with Crippen molar-refractivity contribution < 1.29 is 8.78 Å². The Bertz CT molecular complexity index is 2130. The minimum atomic E-state index is -0.655. The largest absolute Gasteiger partial charge is 0.329 e. The van der Waals surface area contributed by atoms with E-state index in [4.69, 9.17) is 0 Å². The van der Waals surface area contributed by atoms with Crippen LogP contribution in [0.2, 0.25) is 0 Å². The molecule has 0 aliphatic heterocycles. The summed E-state index contributed by atoms with van der Waals surface area (Å²) >= 11 is 2.70. The van der Waals surface area contributed by atoms with Crippen LogP contribution < -0.4 is 22.5 Å². The van der Waals surface area contributed by atoms with Crippen LogP contribution in [0.1, 0.15) is 52.8 Å². The summed E-state index contributed by atoms with van der Waals surface area (Å²) in [7, 11) is 0. The zero-order valence-corrected chi connectivity index (χ0v) is 28.6. The Hall–Kier alpha value is -4.42. The van der Waals surface area contributed by atoms with Crippen LogP contribution in [0.5, 0.6) is 0 Å². The fraction of sp³-hybridized carbons (Fsp3) is 0.257. The third-order valence-corrected chi connectivity index (χ3v) is 9.27. The van der Waals surface area contributed by atoms with Crippen LogP contribution in [0.4, 0.5) is 8.78 Å². The van der Waals surface area contributed by atoms with Crippen LogP contribution in [0.15, 0.2) is 93.6 Å². The average Bonchev–Trinajstić information content (AvgIpc) is 2.96. The number of halogens is 2. The van der Waals surface area contributed by atoms with Crippen LogP contribution in [-0.4, -0.2) is 19.5 Å². The highest BCUT2D eigenvalue weighted by molar-refractivity contribution is 7.99. The molecule has 0 bridgehead atoms. The van der Waals surface area contributed by atoms with Crippen molar-refractivity contribution in [3.8, 4) is 0 Å². The Balaban J connectivity index is 0.000000229. The number of benzene rings is 3. The fourth-order valence-corrected chi connectivity index (χ4v) is 7.67. The van der Waals surface area contributed by atoms with Gasteiger partial charge in [-0.05, 0) is 105 Å². The Morgan fingerprint density at radius 3 is 1.74 bits per heavy atom. The molecule has 12 heteroatoms. The first-order valence-corrected chi connectivity index (χ1v) is 16.6. The maximum Gasteiger partial charge on any atom is 0.329 e. The zero-order chi connectivity index (χ0) is 34.4. The lowest BCUT2D eigenvalue weighted by Crippen LogP contribution is -2.34. The summed E-state index contributed by atoms with van der Waals surface area (Å²) in [6.45, 7) is 11.5. The summed E-state index contributed by atoms with van der Waals surface area (Å²) in [5.41, 5.74) is 3.62. The summed E-state index contributed by atoms with van der Waals surface area (Å²) in [6.07, 6.45) is 0.980. The van der Waals surface area contributed by atoms with Crippen molar-refractivity contribution >= 4 is 23.5 Å². The van der Waals surface area contributed by atoms with Gasteiger partial charge in [-0.25, -0.2) is 18.4 Å². The number of rotatable bonds is 8. The van der Waals surface area contributed by atoms with Gasteiger partial charge in [0.25, 0.3) is 11.1 Å². The van der Waals surface area contributed by atoms with E-state index in [0.29, 0.717) is 34.0 Å². The lowest BCUT2D eigenvalue weighted by Gasteiger charge is -2.16. The van der Waals surface area contributed by atoms with E-state index in [2.05, 4.69) is 21.0 Å². The molecular weight excluding hydrogens is 643 g/mol. The molecule has 2 heterocycles. The molecule has 0 fully saturated rings. The maximum atomic E-state index is 14.2. The summed E-state index contributed by atoms with van der Waals surface area (Å²) in [4.78, 5) is 57.1. The van der Waals surface area contributed by atoms with Crippen molar-refractivity contribution in [1.29, 1.82) is 0 Å². The van der Waals surface area contributed by atoms with Gasteiger partial charge >= 0.3 is 11.4 Å². The Morgan fingerprint density at radius 2 is 1.19 bits per heavy atom. The second-order valence-corrected chi connectivity index (χ2v) is 13.3. The Kier molecular flexibility index (Phi) is 11.6. The van der Waals surface area contributed by atoms with E-state index in [0.717, 1.165) is 50.2 Å². The molecule has 0 unspecified atom stereocenters. The maximum absolute atomic E-state index is 14.2. The van der Waals surface area contributed by atoms with Gasteiger partial charge in [-0.2, -0.15) is 0 Å². The number of hydrogen-bond acceptors (Lipinski definition) is 6. The molecule has 0 atom stereocenters.